The van der Waals surface area contributed by atoms with Gasteiger partial charge in [0.25, 0.3) is 5.91 Å². The van der Waals surface area contributed by atoms with Crippen LogP contribution < -0.4 is 5.01 Å². The van der Waals surface area contributed by atoms with Gasteiger partial charge < -0.3 is 9.15 Å². The van der Waals surface area contributed by atoms with Crippen LogP contribution in [0.3, 0.4) is 0 Å². The van der Waals surface area contributed by atoms with Crippen molar-refractivity contribution in [1.82, 2.24) is 0 Å². The van der Waals surface area contributed by atoms with Crippen molar-refractivity contribution in [2.24, 2.45) is 5.10 Å². The van der Waals surface area contributed by atoms with Gasteiger partial charge in [-0.3, -0.25) is 4.79 Å². The highest BCUT2D eigenvalue weighted by Gasteiger charge is 2.32. The highest BCUT2D eigenvalue weighted by molar-refractivity contribution is 6.37. The SMILES string of the molecule is COC(=O)c1ccccc1-c1ccc(C=C2C(=O)N(c3ccccc3)N=C2c2ccccc2)o1. The topological polar surface area (TPSA) is 72.1 Å². The lowest BCUT2D eigenvalue weighted by atomic mass is 10.0. The van der Waals surface area contributed by atoms with Gasteiger partial charge in [0.2, 0.25) is 0 Å². The molecule has 1 aliphatic heterocycles. The van der Waals surface area contributed by atoms with Crippen LogP contribution in [0.25, 0.3) is 17.4 Å². The number of amides is 1. The first-order valence-corrected chi connectivity index (χ1v) is 10.7. The van der Waals surface area contributed by atoms with E-state index in [4.69, 9.17) is 9.15 Å². The predicted molar refractivity (Wildman–Crippen MR) is 130 cm³/mol. The van der Waals surface area contributed by atoms with Gasteiger partial charge in [0.1, 0.15) is 17.2 Å². The molecular weight excluding hydrogens is 428 g/mol. The van der Waals surface area contributed by atoms with E-state index in [0.717, 1.165) is 5.56 Å². The molecule has 0 atom stereocenters. The Hall–Kier alpha value is -4.71. The monoisotopic (exact) mass is 448 g/mol. The molecule has 6 heteroatoms. The van der Waals surface area contributed by atoms with Crippen LogP contribution in [-0.2, 0) is 9.53 Å². The van der Waals surface area contributed by atoms with Crippen molar-refractivity contribution in [3.63, 3.8) is 0 Å². The van der Waals surface area contributed by atoms with Crippen molar-refractivity contribution in [3.05, 3.63) is 120 Å². The fourth-order valence-electron chi connectivity index (χ4n) is 3.80. The quantitative estimate of drug-likeness (QED) is 0.296. The minimum atomic E-state index is -0.449. The van der Waals surface area contributed by atoms with E-state index < -0.39 is 5.97 Å². The lowest BCUT2D eigenvalue weighted by Crippen LogP contribution is -2.21. The Morgan fingerprint density at radius 3 is 2.29 bits per heavy atom. The van der Waals surface area contributed by atoms with Gasteiger partial charge in [-0.25, -0.2) is 4.79 Å². The number of hydrogen-bond acceptors (Lipinski definition) is 5. The average molecular weight is 448 g/mol. The van der Waals surface area contributed by atoms with Crippen LogP contribution in [0.2, 0.25) is 0 Å². The standard InChI is InChI=1S/C28H20N2O4/c1-33-28(32)23-15-9-8-14-22(23)25-17-16-21(34-25)18-24-26(19-10-4-2-5-11-19)29-30(27(24)31)20-12-6-3-7-13-20/h2-18H,1H3. The number of furan rings is 1. The second-order valence-corrected chi connectivity index (χ2v) is 7.56. The van der Waals surface area contributed by atoms with Crippen LogP contribution in [-0.4, -0.2) is 24.7 Å². The zero-order valence-electron chi connectivity index (χ0n) is 18.3. The molecule has 0 saturated carbocycles. The van der Waals surface area contributed by atoms with Gasteiger partial charge in [-0.15, -0.1) is 0 Å². The minimum absolute atomic E-state index is 0.252. The fraction of sp³-hybridized carbons (Fsp3) is 0.0357. The summed E-state index contributed by atoms with van der Waals surface area (Å²) in [4.78, 5) is 25.6. The van der Waals surface area contributed by atoms with Crippen molar-refractivity contribution in [2.45, 2.75) is 0 Å². The van der Waals surface area contributed by atoms with Crippen molar-refractivity contribution in [2.75, 3.05) is 12.1 Å². The Balaban J connectivity index is 1.56. The molecule has 0 saturated heterocycles. The maximum Gasteiger partial charge on any atom is 0.338 e. The van der Waals surface area contributed by atoms with E-state index >= 15 is 0 Å². The third-order valence-corrected chi connectivity index (χ3v) is 5.44. The van der Waals surface area contributed by atoms with Gasteiger partial charge in [-0.2, -0.15) is 10.1 Å². The van der Waals surface area contributed by atoms with E-state index in [1.807, 2.05) is 66.7 Å². The molecule has 34 heavy (non-hydrogen) atoms. The summed E-state index contributed by atoms with van der Waals surface area (Å²) < 4.78 is 10.9. The lowest BCUT2D eigenvalue weighted by Gasteiger charge is -2.10. The lowest BCUT2D eigenvalue weighted by molar-refractivity contribution is -0.114. The molecular formula is C28H20N2O4. The van der Waals surface area contributed by atoms with Gasteiger partial charge in [0, 0.05) is 11.1 Å². The third kappa shape index (κ3) is 3.93. The highest BCUT2D eigenvalue weighted by Crippen LogP contribution is 2.30. The molecule has 0 spiro atoms. The number of carbonyl (C=O) groups is 2. The number of rotatable bonds is 5. The Morgan fingerprint density at radius 1 is 0.882 bits per heavy atom. The predicted octanol–water partition coefficient (Wildman–Crippen LogP) is 5.57. The van der Waals surface area contributed by atoms with Gasteiger partial charge in [-0.1, -0.05) is 66.7 Å². The summed E-state index contributed by atoms with van der Waals surface area (Å²) in [5.41, 5.74) is 3.48. The molecule has 0 bridgehead atoms. The smallest absolute Gasteiger partial charge is 0.338 e. The summed E-state index contributed by atoms with van der Waals surface area (Å²) in [5.74, 6) is 0.265. The van der Waals surface area contributed by atoms with Crippen molar-refractivity contribution < 1.29 is 18.7 Å². The molecule has 5 rings (SSSR count). The van der Waals surface area contributed by atoms with Crippen LogP contribution in [0.4, 0.5) is 5.69 Å². The molecule has 1 aliphatic rings. The first-order valence-electron chi connectivity index (χ1n) is 10.7. The average Bonchev–Trinajstić information content (AvgIpc) is 3.49. The number of methoxy groups -OCH3 is 1. The van der Waals surface area contributed by atoms with Crippen molar-refractivity contribution in [3.8, 4) is 11.3 Å². The molecule has 0 radical (unpaired) electrons. The maximum absolute atomic E-state index is 13.4. The number of para-hydroxylation sites is 1. The summed E-state index contributed by atoms with van der Waals surface area (Å²) in [7, 11) is 1.34. The molecule has 6 nitrogen and oxygen atoms in total. The van der Waals surface area contributed by atoms with E-state index in [1.165, 1.54) is 12.1 Å². The van der Waals surface area contributed by atoms with E-state index in [2.05, 4.69) is 5.10 Å². The number of nitrogens with zero attached hydrogens (tertiary/aromatic N) is 2. The Labute approximate surface area is 196 Å². The van der Waals surface area contributed by atoms with Crippen LogP contribution >= 0.6 is 0 Å². The molecule has 1 amide bonds. The highest BCUT2D eigenvalue weighted by atomic mass is 16.5. The second kappa shape index (κ2) is 9.03. The normalized spacial score (nSPS) is 14.4. The van der Waals surface area contributed by atoms with Gasteiger partial charge >= 0.3 is 5.97 Å². The molecule has 1 aromatic heterocycles. The number of hydrogen-bond donors (Lipinski definition) is 0. The number of carbonyl (C=O) groups excluding carboxylic acids is 2. The van der Waals surface area contributed by atoms with Gasteiger partial charge in [0.15, 0.2) is 0 Å². The Bertz CT molecular complexity index is 1420. The zero-order valence-corrected chi connectivity index (χ0v) is 18.3. The van der Waals surface area contributed by atoms with Crippen LogP contribution in [0.5, 0.6) is 0 Å². The summed E-state index contributed by atoms with van der Waals surface area (Å²) in [5, 5.41) is 6.02. The number of hydrazone groups is 1. The third-order valence-electron chi connectivity index (χ3n) is 5.44. The van der Waals surface area contributed by atoms with Gasteiger partial charge in [-0.05, 0) is 36.4 Å². The van der Waals surface area contributed by atoms with Crippen LogP contribution in [0.15, 0.2) is 112 Å². The first kappa shape index (κ1) is 21.2. The summed E-state index contributed by atoms with van der Waals surface area (Å²) in [6.45, 7) is 0. The minimum Gasteiger partial charge on any atom is -0.465 e. The van der Waals surface area contributed by atoms with E-state index in [0.29, 0.717) is 39.6 Å². The molecule has 166 valence electrons. The molecule has 0 N–H and O–H groups in total. The Kier molecular flexibility index (Phi) is 5.62. The van der Waals surface area contributed by atoms with Crippen LogP contribution in [0.1, 0.15) is 21.7 Å². The summed E-state index contributed by atoms with van der Waals surface area (Å²) >= 11 is 0. The second-order valence-electron chi connectivity index (χ2n) is 7.56. The summed E-state index contributed by atoms with van der Waals surface area (Å²) in [6, 6.07) is 29.4. The molecule has 0 aliphatic carbocycles. The number of anilines is 1. The number of benzene rings is 3. The van der Waals surface area contributed by atoms with Gasteiger partial charge in [0.05, 0.1) is 23.9 Å². The molecule has 2 heterocycles. The van der Waals surface area contributed by atoms with Crippen molar-refractivity contribution >= 4 is 29.4 Å². The molecule has 0 fully saturated rings. The number of ether oxygens (including phenoxy) is 1. The zero-order chi connectivity index (χ0) is 23.5. The molecule has 0 unspecified atom stereocenters. The Morgan fingerprint density at radius 2 is 1.56 bits per heavy atom. The van der Waals surface area contributed by atoms with E-state index in [-0.39, 0.29) is 5.91 Å². The maximum atomic E-state index is 13.4. The van der Waals surface area contributed by atoms with E-state index in [1.54, 1.807) is 36.4 Å². The number of esters is 1. The first-order chi connectivity index (χ1) is 16.7. The molecule has 3 aromatic carbocycles. The largest absolute Gasteiger partial charge is 0.465 e. The summed E-state index contributed by atoms with van der Waals surface area (Å²) in [6.07, 6.45) is 1.68. The van der Waals surface area contributed by atoms with Crippen LogP contribution in [0, 0.1) is 0 Å². The van der Waals surface area contributed by atoms with Crippen molar-refractivity contribution in [1.29, 1.82) is 0 Å². The fourth-order valence-corrected chi connectivity index (χ4v) is 3.80. The van der Waals surface area contributed by atoms with E-state index in [9.17, 15) is 9.59 Å². The molecule has 4 aromatic rings.